The first-order valence-corrected chi connectivity index (χ1v) is 15.3. The van der Waals surface area contributed by atoms with Crippen LogP contribution in [-0.4, -0.2) is 36.4 Å². The summed E-state index contributed by atoms with van der Waals surface area (Å²) in [5, 5.41) is -0.337. The fourth-order valence-electron chi connectivity index (χ4n) is 5.50. The molecule has 42 heavy (non-hydrogen) atoms. The third-order valence-corrected chi connectivity index (χ3v) is 8.69. The van der Waals surface area contributed by atoms with Gasteiger partial charge in [0.05, 0.1) is 5.56 Å². The number of aryl methyl sites for hydroxylation is 1. The summed E-state index contributed by atoms with van der Waals surface area (Å²) in [5.74, 6) is 0.702. The van der Waals surface area contributed by atoms with E-state index in [2.05, 4.69) is 35.4 Å². The van der Waals surface area contributed by atoms with E-state index in [1.165, 1.54) is 18.2 Å². The van der Waals surface area contributed by atoms with Crippen LogP contribution in [-0.2, 0) is 16.6 Å². The minimum absolute atomic E-state index is 0. The van der Waals surface area contributed by atoms with Gasteiger partial charge in [-0.1, -0.05) is 49.4 Å². The number of anilines is 2. The molecule has 1 atom stereocenters. The number of ether oxygens (including phenoxy) is 1. The zero-order valence-electron chi connectivity index (χ0n) is 24.2. The summed E-state index contributed by atoms with van der Waals surface area (Å²) in [4.78, 5) is 24.5. The number of pyridine rings is 2. The van der Waals surface area contributed by atoms with Gasteiger partial charge in [-0.3, -0.25) is 4.79 Å². The first-order chi connectivity index (χ1) is 19.9. The third kappa shape index (κ3) is 6.23. The zero-order chi connectivity index (χ0) is 30.1. The van der Waals surface area contributed by atoms with Gasteiger partial charge in [-0.25, -0.2) is 14.7 Å². The number of sulfonamides is 1. The largest absolute Gasteiger partial charge is 0.489 e. The topological polar surface area (TPSA) is 128 Å². The number of amides is 1. The van der Waals surface area contributed by atoms with Crippen LogP contribution < -0.4 is 20.1 Å². The van der Waals surface area contributed by atoms with Crippen molar-refractivity contribution < 1.29 is 20.8 Å². The predicted molar refractivity (Wildman–Crippen MR) is 168 cm³/mol. The lowest BCUT2D eigenvalue weighted by molar-refractivity contribution is 0.0981. The monoisotopic (exact) mass is 589 g/mol. The van der Waals surface area contributed by atoms with Crippen LogP contribution in [0.3, 0.4) is 0 Å². The van der Waals surface area contributed by atoms with Gasteiger partial charge >= 0.3 is 0 Å². The maximum atomic E-state index is 13.7. The van der Waals surface area contributed by atoms with Crippen molar-refractivity contribution in [1.29, 1.82) is 0 Å². The molecule has 4 aromatic rings. The molecule has 1 fully saturated rings. The van der Waals surface area contributed by atoms with Gasteiger partial charge in [0.2, 0.25) is 0 Å². The van der Waals surface area contributed by atoms with E-state index in [1.807, 2.05) is 55.5 Å². The van der Waals surface area contributed by atoms with E-state index in [0.29, 0.717) is 36.2 Å². The number of nitrogens with one attached hydrogen (secondary N) is 1. The average molecular weight is 590 g/mol. The Morgan fingerprint density at radius 3 is 2.57 bits per heavy atom. The Bertz CT molecular complexity index is 1740. The highest BCUT2D eigenvalue weighted by atomic mass is 32.2. The van der Waals surface area contributed by atoms with Crippen molar-refractivity contribution in [2.45, 2.75) is 51.3 Å². The molecular weight excluding hydrogens is 550 g/mol. The first-order valence-electron chi connectivity index (χ1n) is 13.8. The number of carbonyl (C=O) groups is 1. The van der Waals surface area contributed by atoms with Crippen molar-refractivity contribution >= 4 is 27.6 Å². The molecule has 0 spiro atoms. The van der Waals surface area contributed by atoms with E-state index in [9.17, 15) is 13.2 Å². The molecule has 2 aromatic heterocycles. The Kier molecular flexibility index (Phi) is 7.92. The average Bonchev–Trinajstić information content (AvgIpc) is 3.23. The van der Waals surface area contributed by atoms with Gasteiger partial charge in [0, 0.05) is 26.7 Å². The maximum absolute atomic E-state index is 13.7. The number of hydrogen-bond acceptors (Lipinski definition) is 8. The zero-order valence-corrected chi connectivity index (χ0v) is 25.0. The summed E-state index contributed by atoms with van der Waals surface area (Å²) >= 11 is 0. The quantitative estimate of drug-likeness (QED) is 0.262. The summed E-state index contributed by atoms with van der Waals surface area (Å²) < 4.78 is 34.5. The lowest BCUT2D eigenvalue weighted by Gasteiger charge is -2.34. The van der Waals surface area contributed by atoms with Gasteiger partial charge in [0.15, 0.2) is 5.03 Å². The molecular formula is C32H39N5O4S. The Labute approximate surface area is 249 Å². The van der Waals surface area contributed by atoms with Gasteiger partial charge < -0.3 is 15.4 Å². The second-order valence-electron chi connectivity index (χ2n) is 11.4. The fourth-order valence-corrected chi connectivity index (χ4v) is 6.44. The Morgan fingerprint density at radius 2 is 1.88 bits per heavy atom. The van der Waals surface area contributed by atoms with Gasteiger partial charge in [-0.2, -0.15) is 8.42 Å². The summed E-state index contributed by atoms with van der Waals surface area (Å²) in [5.41, 5.74) is 9.05. The summed E-state index contributed by atoms with van der Waals surface area (Å²) in [7, 11) is -4.29. The molecule has 2 aromatic carbocycles. The van der Waals surface area contributed by atoms with Crippen molar-refractivity contribution in [3.63, 3.8) is 0 Å². The SMILES string of the molecule is Cc1ccc(OCc2ccccc2)cc1-c1cnc(N2CC(C)CC2(C)C)c(C(=O)NS(=O)(=O)c2cccc(N)n2)c1.[HH].[HH]. The molecule has 9 nitrogen and oxygen atoms in total. The number of nitrogens with zero attached hydrogens (tertiary/aromatic N) is 3. The molecule has 5 rings (SSSR count). The van der Waals surface area contributed by atoms with Crippen LogP contribution in [0.15, 0.2) is 84.0 Å². The molecule has 1 unspecified atom stereocenters. The molecule has 0 aliphatic carbocycles. The van der Waals surface area contributed by atoms with E-state index in [0.717, 1.165) is 23.1 Å². The molecule has 3 heterocycles. The number of nitrogens with two attached hydrogens (primary N) is 1. The van der Waals surface area contributed by atoms with E-state index in [-0.39, 0.29) is 24.8 Å². The summed E-state index contributed by atoms with van der Waals surface area (Å²) in [6, 6.07) is 21.6. The summed E-state index contributed by atoms with van der Waals surface area (Å²) in [6.45, 7) is 9.40. The van der Waals surface area contributed by atoms with Crippen molar-refractivity contribution in [3.05, 3.63) is 95.7 Å². The number of rotatable bonds is 8. The van der Waals surface area contributed by atoms with Crippen LogP contribution in [0, 0.1) is 12.8 Å². The molecule has 0 radical (unpaired) electrons. The Morgan fingerprint density at radius 1 is 1.12 bits per heavy atom. The minimum atomic E-state index is -4.29. The van der Waals surface area contributed by atoms with Crippen LogP contribution in [0.1, 0.15) is 51.5 Å². The minimum Gasteiger partial charge on any atom is -0.489 e. The van der Waals surface area contributed by atoms with Crippen LogP contribution in [0.4, 0.5) is 11.6 Å². The van der Waals surface area contributed by atoms with Crippen molar-refractivity contribution in [3.8, 4) is 16.9 Å². The first kappa shape index (κ1) is 29.1. The highest BCUT2D eigenvalue weighted by Gasteiger charge is 2.39. The second-order valence-corrected chi connectivity index (χ2v) is 13.0. The van der Waals surface area contributed by atoms with Crippen molar-refractivity contribution in [2.75, 3.05) is 17.2 Å². The molecule has 3 N–H and O–H groups in total. The van der Waals surface area contributed by atoms with Crippen LogP contribution in [0.2, 0.25) is 0 Å². The number of hydrogen-bond donors (Lipinski definition) is 2. The third-order valence-electron chi connectivity index (χ3n) is 7.46. The van der Waals surface area contributed by atoms with E-state index in [1.54, 1.807) is 12.3 Å². The Hall–Kier alpha value is -4.44. The lowest BCUT2D eigenvalue weighted by atomic mass is 9.97. The standard InChI is InChI=1S/C32H35N5O4S.2H2/c1-21-17-32(3,4)37(19-21)30-27(31(38)36-42(39,40)29-12-8-11-28(33)35-29)15-24(18-34-30)26-16-25(14-13-22(26)2)41-20-23-9-6-5-7-10-23;;/h5-16,18,21H,17,19-20H2,1-4H3,(H2,33,35)(H,36,38);2*1H. The van der Waals surface area contributed by atoms with Crippen molar-refractivity contribution in [2.24, 2.45) is 5.92 Å². The highest BCUT2D eigenvalue weighted by molar-refractivity contribution is 7.90. The van der Waals surface area contributed by atoms with Crippen LogP contribution in [0.25, 0.3) is 11.1 Å². The second kappa shape index (κ2) is 11.4. The maximum Gasteiger partial charge on any atom is 0.281 e. The number of benzene rings is 2. The highest BCUT2D eigenvalue weighted by Crippen LogP contribution is 2.39. The molecule has 222 valence electrons. The fraction of sp³-hybridized carbons (Fsp3) is 0.281. The summed E-state index contributed by atoms with van der Waals surface area (Å²) in [6.07, 6.45) is 2.63. The van der Waals surface area contributed by atoms with Crippen molar-refractivity contribution in [1.82, 2.24) is 14.7 Å². The molecule has 10 heteroatoms. The van der Waals surface area contributed by atoms with Gasteiger partial charge in [0.1, 0.15) is 24.0 Å². The van der Waals surface area contributed by atoms with Gasteiger partial charge in [-0.05, 0) is 80.1 Å². The molecule has 0 saturated carbocycles. The van der Waals surface area contributed by atoms with Crippen LogP contribution in [0.5, 0.6) is 5.75 Å². The number of nitrogen functional groups attached to an aromatic ring is 1. The number of carbonyl (C=O) groups excluding carboxylic acids is 1. The smallest absolute Gasteiger partial charge is 0.281 e. The molecule has 1 aliphatic heterocycles. The Balaban J connectivity index is 0.00000264. The van der Waals surface area contributed by atoms with E-state index >= 15 is 0 Å². The van der Waals surface area contributed by atoms with E-state index in [4.69, 9.17) is 15.5 Å². The predicted octanol–water partition coefficient (Wildman–Crippen LogP) is 5.85. The normalized spacial score (nSPS) is 16.3. The van der Waals surface area contributed by atoms with E-state index < -0.39 is 15.9 Å². The van der Waals surface area contributed by atoms with Gasteiger partial charge in [0.25, 0.3) is 15.9 Å². The molecule has 0 bridgehead atoms. The molecule has 1 aliphatic rings. The lowest BCUT2D eigenvalue weighted by Crippen LogP contribution is -2.41. The van der Waals surface area contributed by atoms with Gasteiger partial charge in [-0.15, -0.1) is 0 Å². The van der Waals surface area contributed by atoms with Crippen LogP contribution >= 0.6 is 0 Å². The molecule has 1 saturated heterocycles. The number of aromatic nitrogens is 2. The molecule has 1 amide bonds.